The minimum atomic E-state index is -0.0186. The molecule has 0 bridgehead atoms. The Balaban J connectivity index is 2.70. The molecule has 0 spiro atoms. The molecule has 0 aliphatic carbocycles. The molecule has 0 aromatic carbocycles. The Morgan fingerprint density at radius 1 is 1.28 bits per heavy atom. The van der Waals surface area contributed by atoms with Gasteiger partial charge in [0.1, 0.15) is 6.54 Å². The quantitative estimate of drug-likeness (QED) is 0.752. The Morgan fingerprint density at radius 2 is 1.89 bits per heavy atom. The third-order valence-electron chi connectivity index (χ3n) is 3.05. The van der Waals surface area contributed by atoms with E-state index in [1.807, 2.05) is 27.7 Å². The molecule has 1 rings (SSSR count). The molecule has 0 unspecified atom stereocenters. The van der Waals surface area contributed by atoms with E-state index >= 15 is 0 Å². The maximum Gasteiger partial charge on any atom is 0.242 e. The van der Waals surface area contributed by atoms with E-state index in [2.05, 4.69) is 0 Å². The van der Waals surface area contributed by atoms with Gasteiger partial charge >= 0.3 is 0 Å². The Labute approximate surface area is 109 Å². The number of hydrogen-bond donors (Lipinski definition) is 0. The summed E-state index contributed by atoms with van der Waals surface area (Å²) in [5, 5.41) is 0. The molecule has 0 aliphatic heterocycles. The highest BCUT2D eigenvalue weighted by atomic mass is 16.2. The van der Waals surface area contributed by atoms with Crippen LogP contribution in [0.15, 0.2) is 18.5 Å². The molecule has 0 saturated carbocycles. The molecule has 4 heteroatoms. The Kier molecular flexibility index (Phi) is 4.70. The zero-order valence-corrected chi connectivity index (χ0v) is 11.8. The second kappa shape index (κ2) is 5.85. The first kappa shape index (κ1) is 14.5. The number of hydrogen-bond acceptors (Lipinski definition) is 2. The molecule has 0 radical (unpaired) electrons. The SMILES string of the molecule is CC(C)C(=O)c1ccn(CC(=O)N(C)C(C)C)c1. The molecule has 0 saturated heterocycles. The summed E-state index contributed by atoms with van der Waals surface area (Å²) < 4.78 is 1.76. The second-order valence-corrected chi connectivity index (χ2v) is 5.19. The first-order valence-electron chi connectivity index (χ1n) is 6.28. The summed E-state index contributed by atoms with van der Waals surface area (Å²) in [5.41, 5.74) is 0.671. The monoisotopic (exact) mass is 250 g/mol. The van der Waals surface area contributed by atoms with Crippen LogP contribution in [-0.2, 0) is 11.3 Å². The number of amides is 1. The van der Waals surface area contributed by atoms with Gasteiger partial charge in [0.25, 0.3) is 0 Å². The fourth-order valence-electron chi connectivity index (χ4n) is 1.57. The van der Waals surface area contributed by atoms with Crippen molar-refractivity contribution in [1.82, 2.24) is 9.47 Å². The van der Waals surface area contributed by atoms with Crippen molar-refractivity contribution in [3.8, 4) is 0 Å². The van der Waals surface area contributed by atoms with Crippen LogP contribution in [0.3, 0.4) is 0 Å². The first-order chi connectivity index (χ1) is 8.32. The van der Waals surface area contributed by atoms with Gasteiger partial charge in [-0.15, -0.1) is 0 Å². The minimum absolute atomic E-state index is 0.0186. The Bertz CT molecular complexity index is 433. The van der Waals surface area contributed by atoms with E-state index in [0.29, 0.717) is 5.56 Å². The molecule has 100 valence electrons. The normalized spacial score (nSPS) is 11.1. The van der Waals surface area contributed by atoms with Crippen LogP contribution >= 0.6 is 0 Å². The molecule has 4 nitrogen and oxygen atoms in total. The molecule has 0 fully saturated rings. The van der Waals surface area contributed by atoms with Gasteiger partial charge in [-0.05, 0) is 19.9 Å². The van der Waals surface area contributed by atoms with Crippen molar-refractivity contribution in [3.63, 3.8) is 0 Å². The summed E-state index contributed by atoms with van der Waals surface area (Å²) in [4.78, 5) is 25.4. The van der Waals surface area contributed by atoms with E-state index in [1.165, 1.54) is 0 Å². The van der Waals surface area contributed by atoms with E-state index < -0.39 is 0 Å². The van der Waals surface area contributed by atoms with Crippen molar-refractivity contribution >= 4 is 11.7 Å². The van der Waals surface area contributed by atoms with Crippen LogP contribution < -0.4 is 0 Å². The standard InChI is InChI=1S/C14H22N2O2/c1-10(2)14(18)12-6-7-16(8-12)9-13(17)15(5)11(3)4/h6-8,10-11H,9H2,1-5H3. The van der Waals surface area contributed by atoms with Crippen molar-refractivity contribution in [2.24, 2.45) is 5.92 Å². The number of carbonyl (C=O) groups excluding carboxylic acids is 2. The minimum Gasteiger partial charge on any atom is -0.344 e. The second-order valence-electron chi connectivity index (χ2n) is 5.19. The van der Waals surface area contributed by atoms with Gasteiger partial charge in [0.05, 0.1) is 0 Å². The highest BCUT2D eigenvalue weighted by Crippen LogP contribution is 2.09. The summed E-state index contributed by atoms with van der Waals surface area (Å²) in [6.07, 6.45) is 3.52. The predicted molar refractivity (Wildman–Crippen MR) is 71.5 cm³/mol. The lowest BCUT2D eigenvalue weighted by molar-refractivity contribution is -0.131. The third kappa shape index (κ3) is 3.45. The van der Waals surface area contributed by atoms with Crippen LogP contribution in [0.5, 0.6) is 0 Å². The van der Waals surface area contributed by atoms with Gasteiger partial charge < -0.3 is 9.47 Å². The molecular formula is C14H22N2O2. The van der Waals surface area contributed by atoms with E-state index in [-0.39, 0.29) is 30.2 Å². The number of carbonyl (C=O) groups is 2. The summed E-state index contributed by atoms with van der Waals surface area (Å²) in [7, 11) is 1.79. The molecule has 0 N–H and O–H groups in total. The molecule has 1 amide bonds. The average molecular weight is 250 g/mol. The topological polar surface area (TPSA) is 42.3 Å². The van der Waals surface area contributed by atoms with E-state index in [9.17, 15) is 9.59 Å². The average Bonchev–Trinajstić information content (AvgIpc) is 2.74. The van der Waals surface area contributed by atoms with Crippen molar-refractivity contribution in [2.75, 3.05) is 7.05 Å². The lowest BCUT2D eigenvalue weighted by Gasteiger charge is -2.21. The molecule has 1 aromatic heterocycles. The predicted octanol–water partition coefficient (Wildman–Crippen LogP) is 2.19. The van der Waals surface area contributed by atoms with Gasteiger partial charge in [-0.3, -0.25) is 9.59 Å². The van der Waals surface area contributed by atoms with Crippen molar-refractivity contribution in [3.05, 3.63) is 24.0 Å². The number of likely N-dealkylation sites (N-methyl/N-ethyl adjacent to an activating group) is 1. The molecule has 1 aromatic rings. The smallest absolute Gasteiger partial charge is 0.242 e. The van der Waals surface area contributed by atoms with Gasteiger partial charge in [0, 0.05) is 37.0 Å². The van der Waals surface area contributed by atoms with Gasteiger partial charge in [0.2, 0.25) is 5.91 Å². The van der Waals surface area contributed by atoms with Crippen LogP contribution in [0.4, 0.5) is 0 Å². The summed E-state index contributed by atoms with van der Waals surface area (Å²) in [6, 6.07) is 1.95. The number of aromatic nitrogens is 1. The van der Waals surface area contributed by atoms with E-state index in [0.717, 1.165) is 0 Å². The molecule has 0 atom stereocenters. The fourth-order valence-corrected chi connectivity index (χ4v) is 1.57. The van der Waals surface area contributed by atoms with Crippen LogP contribution in [0.1, 0.15) is 38.1 Å². The van der Waals surface area contributed by atoms with Gasteiger partial charge in [-0.2, -0.15) is 0 Å². The number of nitrogens with zero attached hydrogens (tertiary/aromatic N) is 2. The molecule has 1 heterocycles. The summed E-state index contributed by atoms with van der Waals surface area (Å²) in [5.74, 6) is 0.137. The first-order valence-corrected chi connectivity index (χ1v) is 6.28. The van der Waals surface area contributed by atoms with E-state index in [1.54, 1.807) is 35.0 Å². The maximum absolute atomic E-state index is 11.9. The third-order valence-corrected chi connectivity index (χ3v) is 3.05. The maximum atomic E-state index is 11.9. The van der Waals surface area contributed by atoms with Gasteiger partial charge in [-0.25, -0.2) is 0 Å². The molecule has 0 aliphatic rings. The number of ketones is 1. The van der Waals surface area contributed by atoms with Crippen molar-refractivity contribution in [1.29, 1.82) is 0 Å². The van der Waals surface area contributed by atoms with Crippen LogP contribution in [0.25, 0.3) is 0 Å². The van der Waals surface area contributed by atoms with E-state index in [4.69, 9.17) is 0 Å². The summed E-state index contributed by atoms with van der Waals surface area (Å²) >= 11 is 0. The van der Waals surface area contributed by atoms with Crippen LogP contribution in [0.2, 0.25) is 0 Å². The highest BCUT2D eigenvalue weighted by molar-refractivity contribution is 5.97. The van der Waals surface area contributed by atoms with Crippen LogP contribution in [0, 0.1) is 5.92 Å². The fraction of sp³-hybridized carbons (Fsp3) is 0.571. The van der Waals surface area contributed by atoms with Crippen molar-refractivity contribution in [2.45, 2.75) is 40.3 Å². The lowest BCUT2D eigenvalue weighted by Crippen LogP contribution is -2.35. The Hall–Kier alpha value is -1.58. The zero-order chi connectivity index (χ0) is 13.9. The number of Topliss-reactive ketones (excluding diaryl/α,β-unsaturated/α-hetero) is 1. The van der Waals surface area contributed by atoms with Crippen molar-refractivity contribution < 1.29 is 9.59 Å². The van der Waals surface area contributed by atoms with Crippen LogP contribution in [-0.4, -0.2) is 34.2 Å². The number of rotatable bonds is 5. The lowest BCUT2D eigenvalue weighted by atomic mass is 10.0. The summed E-state index contributed by atoms with van der Waals surface area (Å²) in [6.45, 7) is 7.97. The highest BCUT2D eigenvalue weighted by Gasteiger charge is 2.15. The molecular weight excluding hydrogens is 228 g/mol. The van der Waals surface area contributed by atoms with Gasteiger partial charge in [-0.1, -0.05) is 13.8 Å². The largest absolute Gasteiger partial charge is 0.344 e. The molecule has 18 heavy (non-hydrogen) atoms. The zero-order valence-electron chi connectivity index (χ0n) is 11.8. The Morgan fingerprint density at radius 3 is 2.39 bits per heavy atom. The van der Waals surface area contributed by atoms with Gasteiger partial charge in [0.15, 0.2) is 5.78 Å².